The lowest BCUT2D eigenvalue weighted by Gasteiger charge is -2.21. The molecular formula is C14H14ClFN2. The summed E-state index contributed by atoms with van der Waals surface area (Å²) in [6.07, 6.45) is 4.88. The normalized spacial score (nSPS) is 18.7. The molecule has 94 valence electrons. The highest BCUT2D eigenvalue weighted by Crippen LogP contribution is 2.31. The van der Waals surface area contributed by atoms with Crippen molar-refractivity contribution in [2.45, 2.75) is 25.3 Å². The van der Waals surface area contributed by atoms with Gasteiger partial charge in [0.15, 0.2) is 0 Å². The summed E-state index contributed by atoms with van der Waals surface area (Å²) >= 11 is 5.78. The molecule has 4 heteroatoms. The van der Waals surface area contributed by atoms with Crippen LogP contribution >= 0.6 is 11.6 Å². The van der Waals surface area contributed by atoms with Gasteiger partial charge in [-0.1, -0.05) is 11.6 Å². The lowest BCUT2D eigenvalue weighted by molar-refractivity contribution is 0.555. The number of nitrogens with two attached hydrogens (primary N) is 1. The molecule has 0 radical (unpaired) electrons. The number of benzene rings is 1. The van der Waals surface area contributed by atoms with E-state index in [0.717, 1.165) is 30.5 Å². The average Bonchev–Trinajstić information content (AvgIpc) is 2.74. The van der Waals surface area contributed by atoms with E-state index in [9.17, 15) is 4.39 Å². The van der Waals surface area contributed by atoms with Crippen LogP contribution in [-0.4, -0.2) is 4.57 Å². The van der Waals surface area contributed by atoms with E-state index in [1.54, 1.807) is 12.1 Å². The molecule has 1 heterocycles. The minimum Gasteiger partial charge on any atom is -0.324 e. The molecule has 18 heavy (non-hydrogen) atoms. The van der Waals surface area contributed by atoms with E-state index < -0.39 is 0 Å². The van der Waals surface area contributed by atoms with Gasteiger partial charge in [-0.25, -0.2) is 4.39 Å². The molecule has 0 saturated carbocycles. The van der Waals surface area contributed by atoms with Crippen LogP contribution in [0, 0.1) is 5.82 Å². The van der Waals surface area contributed by atoms with Gasteiger partial charge in [0, 0.05) is 23.0 Å². The molecule has 1 atom stereocenters. The number of halogens is 2. The largest absolute Gasteiger partial charge is 0.324 e. The molecule has 0 saturated heterocycles. The van der Waals surface area contributed by atoms with Crippen molar-refractivity contribution in [2.75, 3.05) is 0 Å². The quantitative estimate of drug-likeness (QED) is 0.838. The van der Waals surface area contributed by atoms with E-state index >= 15 is 0 Å². The van der Waals surface area contributed by atoms with Gasteiger partial charge in [0.25, 0.3) is 0 Å². The SMILES string of the molecule is NC1CCCc2c1ccn2-c1ccc(Cl)cc1F. The van der Waals surface area contributed by atoms with Gasteiger partial charge in [-0.05, 0) is 49.1 Å². The van der Waals surface area contributed by atoms with Crippen molar-refractivity contribution < 1.29 is 4.39 Å². The van der Waals surface area contributed by atoms with Crippen molar-refractivity contribution >= 4 is 11.6 Å². The minimum absolute atomic E-state index is 0.0744. The third-order valence-electron chi connectivity index (χ3n) is 3.52. The van der Waals surface area contributed by atoms with E-state index in [2.05, 4.69) is 0 Å². The fourth-order valence-electron chi connectivity index (χ4n) is 2.63. The van der Waals surface area contributed by atoms with E-state index in [0.29, 0.717) is 10.7 Å². The van der Waals surface area contributed by atoms with Crippen LogP contribution in [0.4, 0.5) is 4.39 Å². The molecule has 1 aromatic heterocycles. The van der Waals surface area contributed by atoms with Crippen LogP contribution in [0.15, 0.2) is 30.5 Å². The van der Waals surface area contributed by atoms with Crippen molar-refractivity contribution in [3.63, 3.8) is 0 Å². The van der Waals surface area contributed by atoms with Crippen LogP contribution in [0.1, 0.15) is 30.1 Å². The molecule has 1 aliphatic carbocycles. The fraction of sp³-hybridized carbons (Fsp3) is 0.286. The highest BCUT2D eigenvalue weighted by molar-refractivity contribution is 6.30. The summed E-state index contributed by atoms with van der Waals surface area (Å²) < 4.78 is 15.8. The van der Waals surface area contributed by atoms with Crippen molar-refractivity contribution in [3.8, 4) is 5.69 Å². The number of nitrogens with zero attached hydrogens (tertiary/aromatic N) is 1. The zero-order chi connectivity index (χ0) is 12.7. The maximum Gasteiger partial charge on any atom is 0.148 e. The maximum atomic E-state index is 13.9. The van der Waals surface area contributed by atoms with Gasteiger partial charge in [0.2, 0.25) is 0 Å². The molecule has 2 nitrogen and oxygen atoms in total. The molecular weight excluding hydrogens is 251 g/mol. The second kappa shape index (κ2) is 4.41. The summed E-state index contributed by atoms with van der Waals surface area (Å²) in [5.41, 5.74) is 8.86. The molecule has 1 unspecified atom stereocenters. The van der Waals surface area contributed by atoms with Gasteiger partial charge >= 0.3 is 0 Å². The van der Waals surface area contributed by atoms with E-state index in [4.69, 9.17) is 17.3 Å². The standard InChI is InChI=1S/C14H14ClFN2/c15-9-4-5-14(11(16)8-9)18-7-6-10-12(17)2-1-3-13(10)18/h4-8,12H,1-3,17H2. The van der Waals surface area contributed by atoms with Gasteiger partial charge < -0.3 is 10.3 Å². The zero-order valence-electron chi connectivity index (χ0n) is 9.87. The summed E-state index contributed by atoms with van der Waals surface area (Å²) in [4.78, 5) is 0. The van der Waals surface area contributed by atoms with Gasteiger partial charge in [0.05, 0.1) is 5.69 Å². The van der Waals surface area contributed by atoms with Crippen LogP contribution in [0.25, 0.3) is 5.69 Å². The number of hydrogen-bond acceptors (Lipinski definition) is 1. The monoisotopic (exact) mass is 264 g/mol. The Hall–Kier alpha value is -1.32. The third-order valence-corrected chi connectivity index (χ3v) is 3.76. The summed E-state index contributed by atoms with van der Waals surface area (Å²) in [6.45, 7) is 0. The Kier molecular flexibility index (Phi) is 2.88. The van der Waals surface area contributed by atoms with Crippen molar-refractivity contribution in [3.05, 3.63) is 52.6 Å². The van der Waals surface area contributed by atoms with Crippen LogP contribution in [-0.2, 0) is 6.42 Å². The summed E-state index contributed by atoms with van der Waals surface area (Å²) in [6, 6.07) is 6.82. The first kappa shape index (κ1) is 11.8. The van der Waals surface area contributed by atoms with Crippen LogP contribution in [0.5, 0.6) is 0 Å². The molecule has 0 amide bonds. The molecule has 2 aromatic rings. The summed E-state index contributed by atoms with van der Waals surface area (Å²) in [7, 11) is 0. The predicted octanol–water partition coefficient (Wildman–Crippen LogP) is 3.61. The lowest BCUT2D eigenvalue weighted by Crippen LogP contribution is -2.18. The van der Waals surface area contributed by atoms with Gasteiger partial charge in [-0.3, -0.25) is 0 Å². The topological polar surface area (TPSA) is 30.9 Å². The molecule has 0 fully saturated rings. The number of fused-ring (bicyclic) bond motifs is 1. The Morgan fingerprint density at radius 3 is 2.94 bits per heavy atom. The Bertz CT molecular complexity index is 591. The number of rotatable bonds is 1. The minimum atomic E-state index is -0.306. The second-order valence-electron chi connectivity index (χ2n) is 4.68. The fourth-order valence-corrected chi connectivity index (χ4v) is 2.79. The lowest BCUT2D eigenvalue weighted by atomic mass is 9.93. The Morgan fingerprint density at radius 2 is 2.17 bits per heavy atom. The van der Waals surface area contributed by atoms with E-state index in [1.807, 2.05) is 16.8 Å². The van der Waals surface area contributed by atoms with Crippen LogP contribution in [0.2, 0.25) is 5.02 Å². The Labute approximate surface area is 110 Å². The van der Waals surface area contributed by atoms with Crippen molar-refractivity contribution in [2.24, 2.45) is 5.73 Å². The molecule has 2 N–H and O–H groups in total. The molecule has 1 aromatic carbocycles. The molecule has 0 spiro atoms. The molecule has 1 aliphatic rings. The highest BCUT2D eigenvalue weighted by atomic mass is 35.5. The number of hydrogen-bond donors (Lipinski definition) is 1. The van der Waals surface area contributed by atoms with Crippen LogP contribution in [0.3, 0.4) is 0 Å². The van der Waals surface area contributed by atoms with E-state index in [1.165, 1.54) is 6.07 Å². The molecule has 0 aliphatic heterocycles. The van der Waals surface area contributed by atoms with Crippen molar-refractivity contribution in [1.82, 2.24) is 4.57 Å². The Balaban J connectivity index is 2.12. The molecule has 3 rings (SSSR count). The highest BCUT2D eigenvalue weighted by Gasteiger charge is 2.21. The maximum absolute atomic E-state index is 13.9. The first-order valence-electron chi connectivity index (χ1n) is 6.08. The van der Waals surface area contributed by atoms with Gasteiger partial charge in [-0.2, -0.15) is 0 Å². The summed E-state index contributed by atoms with van der Waals surface area (Å²) in [5.74, 6) is -0.306. The van der Waals surface area contributed by atoms with Crippen LogP contribution < -0.4 is 5.73 Å². The molecule has 0 bridgehead atoms. The third kappa shape index (κ3) is 1.84. The van der Waals surface area contributed by atoms with E-state index in [-0.39, 0.29) is 11.9 Å². The zero-order valence-corrected chi connectivity index (χ0v) is 10.6. The average molecular weight is 265 g/mol. The smallest absolute Gasteiger partial charge is 0.148 e. The first-order valence-corrected chi connectivity index (χ1v) is 6.46. The van der Waals surface area contributed by atoms with Gasteiger partial charge in [0.1, 0.15) is 5.82 Å². The predicted molar refractivity (Wildman–Crippen MR) is 70.6 cm³/mol. The number of aromatic nitrogens is 1. The Morgan fingerprint density at radius 1 is 1.33 bits per heavy atom. The second-order valence-corrected chi connectivity index (χ2v) is 5.12. The first-order chi connectivity index (χ1) is 8.66. The summed E-state index contributed by atoms with van der Waals surface area (Å²) in [5, 5.41) is 0.411. The van der Waals surface area contributed by atoms with Crippen molar-refractivity contribution in [1.29, 1.82) is 0 Å². The van der Waals surface area contributed by atoms with Gasteiger partial charge in [-0.15, -0.1) is 0 Å².